The van der Waals surface area contributed by atoms with Crippen LogP contribution in [0.25, 0.3) is 11.1 Å². The molecule has 3 nitrogen and oxygen atoms in total. The van der Waals surface area contributed by atoms with E-state index in [9.17, 15) is 0 Å². The average Bonchev–Trinajstić information content (AvgIpc) is 2.82. The molecule has 1 aromatic heterocycles. The van der Waals surface area contributed by atoms with Crippen LogP contribution in [0.2, 0.25) is 0 Å². The van der Waals surface area contributed by atoms with Gasteiger partial charge in [-0.2, -0.15) is 0 Å². The van der Waals surface area contributed by atoms with Crippen molar-refractivity contribution in [3.63, 3.8) is 0 Å². The van der Waals surface area contributed by atoms with Crippen LogP contribution < -0.4 is 5.73 Å². The van der Waals surface area contributed by atoms with Crippen molar-refractivity contribution in [3.8, 4) is 0 Å². The second kappa shape index (κ2) is 5.11. The molecule has 0 aliphatic rings. The molecule has 0 fully saturated rings. The Bertz CT molecular complexity index is 770. The third-order valence-electron chi connectivity index (χ3n) is 3.36. The summed E-state index contributed by atoms with van der Waals surface area (Å²) in [5.74, 6) is 0. The lowest BCUT2D eigenvalue weighted by Gasteiger charge is -2.18. The summed E-state index contributed by atoms with van der Waals surface area (Å²) in [5.41, 5.74) is 9.47. The molecular formula is C17H18N2OS. The van der Waals surface area contributed by atoms with Crippen molar-refractivity contribution in [1.82, 2.24) is 4.98 Å². The van der Waals surface area contributed by atoms with Crippen LogP contribution in [-0.4, -0.2) is 4.98 Å². The lowest BCUT2D eigenvalue weighted by atomic mass is 9.87. The summed E-state index contributed by atoms with van der Waals surface area (Å²) < 4.78 is 5.72. The molecule has 0 radical (unpaired) electrons. The van der Waals surface area contributed by atoms with Crippen LogP contribution in [0.4, 0.5) is 5.69 Å². The smallest absolute Gasteiger partial charge is 0.261 e. The van der Waals surface area contributed by atoms with E-state index in [1.807, 2.05) is 18.2 Å². The van der Waals surface area contributed by atoms with E-state index in [0.717, 1.165) is 16.0 Å². The summed E-state index contributed by atoms with van der Waals surface area (Å²) in [5, 5.41) is 0.617. The third kappa shape index (κ3) is 2.90. The highest BCUT2D eigenvalue weighted by molar-refractivity contribution is 7.99. The number of fused-ring (bicyclic) bond motifs is 1. The summed E-state index contributed by atoms with van der Waals surface area (Å²) in [6.45, 7) is 6.62. The molecule has 3 aromatic rings. The summed E-state index contributed by atoms with van der Waals surface area (Å²) in [6.07, 6.45) is 0. The molecule has 0 unspecified atom stereocenters. The molecule has 4 heteroatoms. The first-order valence-electron chi connectivity index (χ1n) is 6.87. The van der Waals surface area contributed by atoms with Crippen molar-refractivity contribution < 1.29 is 4.42 Å². The number of rotatable bonds is 2. The van der Waals surface area contributed by atoms with Gasteiger partial charge in [-0.05, 0) is 47.0 Å². The molecule has 0 aliphatic heterocycles. The fraction of sp³-hybridized carbons (Fsp3) is 0.235. The van der Waals surface area contributed by atoms with Gasteiger partial charge in [-0.1, -0.05) is 39.0 Å². The summed E-state index contributed by atoms with van der Waals surface area (Å²) in [6, 6.07) is 14.1. The molecular weight excluding hydrogens is 280 g/mol. The van der Waals surface area contributed by atoms with Gasteiger partial charge in [0.1, 0.15) is 5.52 Å². The number of nitrogen functional groups attached to an aromatic ring is 1. The van der Waals surface area contributed by atoms with Crippen molar-refractivity contribution in [2.45, 2.75) is 36.3 Å². The largest absolute Gasteiger partial charge is 0.431 e. The molecule has 0 aliphatic carbocycles. The van der Waals surface area contributed by atoms with Gasteiger partial charge >= 0.3 is 0 Å². The van der Waals surface area contributed by atoms with Crippen molar-refractivity contribution in [3.05, 3.63) is 48.0 Å². The van der Waals surface area contributed by atoms with Crippen LogP contribution in [0.1, 0.15) is 26.3 Å². The Hall–Kier alpha value is -1.94. The Morgan fingerprint density at radius 3 is 2.38 bits per heavy atom. The van der Waals surface area contributed by atoms with Crippen LogP contribution in [-0.2, 0) is 5.41 Å². The van der Waals surface area contributed by atoms with E-state index in [1.165, 1.54) is 17.3 Å². The quantitative estimate of drug-likeness (QED) is 0.686. The van der Waals surface area contributed by atoms with Gasteiger partial charge in [-0.15, -0.1) is 0 Å². The normalized spacial score (nSPS) is 12.0. The van der Waals surface area contributed by atoms with E-state index >= 15 is 0 Å². The third-order valence-corrected chi connectivity index (χ3v) is 4.21. The minimum atomic E-state index is 0.162. The fourth-order valence-electron chi connectivity index (χ4n) is 2.12. The van der Waals surface area contributed by atoms with Gasteiger partial charge in [0.15, 0.2) is 5.58 Å². The van der Waals surface area contributed by atoms with E-state index in [2.05, 4.69) is 50.0 Å². The monoisotopic (exact) mass is 298 g/mol. The van der Waals surface area contributed by atoms with Crippen molar-refractivity contribution in [1.29, 1.82) is 0 Å². The Morgan fingerprint density at radius 2 is 1.76 bits per heavy atom. The Kier molecular flexibility index (Phi) is 3.41. The average molecular weight is 298 g/mol. The lowest BCUT2D eigenvalue weighted by Crippen LogP contribution is -2.10. The topological polar surface area (TPSA) is 52.0 Å². The first kappa shape index (κ1) is 14.0. The van der Waals surface area contributed by atoms with Gasteiger partial charge in [0, 0.05) is 4.90 Å². The highest BCUT2D eigenvalue weighted by atomic mass is 32.2. The SMILES string of the molecule is CC(C)(C)c1ccc(Sc2nc3c(N)cccc3o2)cc1. The lowest BCUT2D eigenvalue weighted by molar-refractivity contribution is 0.489. The van der Waals surface area contributed by atoms with Crippen LogP contribution >= 0.6 is 11.8 Å². The molecule has 0 saturated carbocycles. The van der Waals surface area contributed by atoms with Crippen LogP contribution in [0.3, 0.4) is 0 Å². The number of hydrogen-bond donors (Lipinski definition) is 1. The minimum absolute atomic E-state index is 0.162. The fourth-order valence-corrected chi connectivity index (χ4v) is 2.86. The zero-order chi connectivity index (χ0) is 15.0. The van der Waals surface area contributed by atoms with E-state index in [4.69, 9.17) is 10.2 Å². The maximum absolute atomic E-state index is 5.90. The molecule has 108 valence electrons. The van der Waals surface area contributed by atoms with Gasteiger partial charge in [0.2, 0.25) is 0 Å². The van der Waals surface area contributed by atoms with E-state index in [1.54, 1.807) is 0 Å². The van der Waals surface area contributed by atoms with Crippen LogP contribution in [0.5, 0.6) is 0 Å². The number of hydrogen-bond acceptors (Lipinski definition) is 4. The van der Waals surface area contributed by atoms with Gasteiger partial charge in [-0.25, -0.2) is 4.98 Å². The molecule has 0 amide bonds. The van der Waals surface area contributed by atoms with Crippen LogP contribution in [0, 0.1) is 0 Å². The van der Waals surface area contributed by atoms with E-state index in [-0.39, 0.29) is 5.41 Å². The maximum atomic E-state index is 5.90. The summed E-state index contributed by atoms with van der Waals surface area (Å²) in [4.78, 5) is 5.55. The van der Waals surface area contributed by atoms with Gasteiger partial charge in [0.05, 0.1) is 5.69 Å². The molecule has 0 atom stereocenters. The predicted octanol–water partition coefficient (Wildman–Crippen LogP) is 4.86. The minimum Gasteiger partial charge on any atom is -0.431 e. The standard InChI is InChI=1S/C17H18N2OS/c1-17(2,3)11-7-9-12(10-8-11)21-16-19-15-13(18)5-4-6-14(15)20-16/h4-10H,18H2,1-3H3. The van der Waals surface area contributed by atoms with Crippen molar-refractivity contribution in [2.24, 2.45) is 0 Å². The molecule has 0 saturated heterocycles. The van der Waals surface area contributed by atoms with Crippen molar-refractivity contribution >= 4 is 28.5 Å². The number of nitrogens with two attached hydrogens (primary N) is 1. The Balaban J connectivity index is 1.87. The second-order valence-corrected chi connectivity index (χ2v) is 7.07. The van der Waals surface area contributed by atoms with Crippen molar-refractivity contribution in [2.75, 3.05) is 5.73 Å². The molecule has 1 heterocycles. The van der Waals surface area contributed by atoms with E-state index < -0.39 is 0 Å². The molecule has 21 heavy (non-hydrogen) atoms. The molecule has 3 rings (SSSR count). The number of para-hydroxylation sites is 1. The zero-order valence-electron chi connectivity index (χ0n) is 12.4. The molecule has 0 spiro atoms. The summed E-state index contributed by atoms with van der Waals surface area (Å²) in [7, 11) is 0. The number of nitrogens with zero attached hydrogens (tertiary/aromatic N) is 1. The Labute approximate surface area is 128 Å². The number of benzene rings is 2. The highest BCUT2D eigenvalue weighted by Crippen LogP contribution is 2.32. The molecule has 2 aromatic carbocycles. The summed E-state index contributed by atoms with van der Waals surface area (Å²) >= 11 is 1.51. The first-order chi connectivity index (χ1) is 9.93. The van der Waals surface area contributed by atoms with Gasteiger partial charge in [0.25, 0.3) is 5.22 Å². The Morgan fingerprint density at radius 1 is 1.05 bits per heavy atom. The first-order valence-corrected chi connectivity index (χ1v) is 7.68. The van der Waals surface area contributed by atoms with E-state index in [0.29, 0.717) is 10.9 Å². The number of oxazole rings is 1. The predicted molar refractivity (Wildman–Crippen MR) is 87.7 cm³/mol. The molecule has 0 bridgehead atoms. The van der Waals surface area contributed by atoms with Gasteiger partial charge in [-0.3, -0.25) is 0 Å². The maximum Gasteiger partial charge on any atom is 0.261 e. The number of anilines is 1. The van der Waals surface area contributed by atoms with Crippen LogP contribution in [0.15, 0.2) is 57.0 Å². The number of aromatic nitrogens is 1. The zero-order valence-corrected chi connectivity index (χ0v) is 13.2. The molecule has 2 N–H and O–H groups in total. The second-order valence-electron chi connectivity index (χ2n) is 6.05. The van der Waals surface area contributed by atoms with Gasteiger partial charge < -0.3 is 10.2 Å². The highest BCUT2D eigenvalue weighted by Gasteiger charge is 2.14.